The molecule has 136 valence electrons. The molecule has 1 heterocycles. The summed E-state index contributed by atoms with van der Waals surface area (Å²) < 4.78 is 0. The third kappa shape index (κ3) is 3.92. The van der Waals surface area contributed by atoms with Crippen molar-refractivity contribution in [2.45, 2.75) is 76.9 Å². The Morgan fingerprint density at radius 2 is 1.84 bits per heavy atom. The third-order valence-electron chi connectivity index (χ3n) is 6.60. The summed E-state index contributed by atoms with van der Waals surface area (Å²) in [5.41, 5.74) is 2.71. The fraction of sp³-hybridized carbons (Fsp3) is 0.682. The van der Waals surface area contributed by atoms with Crippen LogP contribution in [0.15, 0.2) is 24.3 Å². The number of aryl methyl sites for hydroxylation is 1. The zero-order valence-corrected chi connectivity index (χ0v) is 15.6. The highest BCUT2D eigenvalue weighted by Gasteiger charge is 2.37. The predicted octanol–water partition coefficient (Wildman–Crippen LogP) is 4.14. The molecule has 1 aliphatic heterocycles. The summed E-state index contributed by atoms with van der Waals surface area (Å²) in [5.74, 6) is 1.16. The van der Waals surface area contributed by atoms with Gasteiger partial charge in [0, 0.05) is 25.2 Å². The lowest BCUT2D eigenvalue weighted by Crippen LogP contribution is -2.52. The molecule has 2 saturated carbocycles. The van der Waals surface area contributed by atoms with Crippen LogP contribution >= 0.6 is 0 Å². The second kappa shape index (κ2) is 7.49. The van der Waals surface area contributed by atoms with Gasteiger partial charge >= 0.3 is 0 Å². The molecule has 3 nitrogen and oxygen atoms in total. The molecule has 0 spiro atoms. The second-order valence-corrected chi connectivity index (χ2v) is 8.40. The van der Waals surface area contributed by atoms with Crippen LogP contribution in [-0.4, -0.2) is 40.9 Å². The van der Waals surface area contributed by atoms with Gasteiger partial charge in [0.25, 0.3) is 0 Å². The van der Waals surface area contributed by atoms with Gasteiger partial charge in [-0.3, -0.25) is 9.69 Å². The van der Waals surface area contributed by atoms with Crippen LogP contribution < -0.4 is 0 Å². The van der Waals surface area contributed by atoms with E-state index in [1.165, 1.54) is 62.5 Å². The first-order chi connectivity index (χ1) is 12.2. The number of nitrogens with zero attached hydrogens (tertiary/aromatic N) is 2. The predicted molar refractivity (Wildman–Crippen MR) is 101 cm³/mol. The average molecular weight is 341 g/mol. The van der Waals surface area contributed by atoms with Crippen LogP contribution in [0.1, 0.15) is 62.5 Å². The summed E-state index contributed by atoms with van der Waals surface area (Å²) in [6, 6.07) is 9.77. The van der Waals surface area contributed by atoms with E-state index in [2.05, 4.69) is 41.0 Å². The van der Waals surface area contributed by atoms with E-state index >= 15 is 0 Å². The Bertz CT molecular complexity index is 608. The van der Waals surface area contributed by atoms with Crippen molar-refractivity contribution in [3.05, 3.63) is 35.4 Å². The smallest absolute Gasteiger partial charge is 0.237 e. The molecule has 4 rings (SSSR count). The fourth-order valence-corrected chi connectivity index (χ4v) is 4.96. The van der Waals surface area contributed by atoms with Crippen molar-refractivity contribution in [1.29, 1.82) is 0 Å². The van der Waals surface area contributed by atoms with Crippen molar-refractivity contribution in [3.63, 3.8) is 0 Å². The van der Waals surface area contributed by atoms with Gasteiger partial charge in [0.05, 0.1) is 6.54 Å². The number of hydrogen-bond donors (Lipinski definition) is 0. The van der Waals surface area contributed by atoms with Crippen molar-refractivity contribution >= 4 is 5.91 Å². The normalized spacial score (nSPS) is 26.6. The molecule has 1 aromatic rings. The maximum atomic E-state index is 13.2. The lowest BCUT2D eigenvalue weighted by molar-refractivity contribution is -0.139. The van der Waals surface area contributed by atoms with Gasteiger partial charge < -0.3 is 4.90 Å². The maximum absolute atomic E-state index is 13.2. The topological polar surface area (TPSA) is 23.6 Å². The highest BCUT2D eigenvalue weighted by atomic mass is 16.2. The van der Waals surface area contributed by atoms with Gasteiger partial charge in [-0.05, 0) is 62.5 Å². The molecule has 3 aliphatic rings. The van der Waals surface area contributed by atoms with E-state index < -0.39 is 0 Å². The zero-order chi connectivity index (χ0) is 17.2. The molecule has 25 heavy (non-hydrogen) atoms. The van der Waals surface area contributed by atoms with E-state index in [1.807, 2.05) is 0 Å². The Morgan fingerprint density at radius 3 is 2.64 bits per heavy atom. The molecule has 3 heteroatoms. The van der Waals surface area contributed by atoms with Crippen LogP contribution in [0.4, 0.5) is 0 Å². The summed E-state index contributed by atoms with van der Waals surface area (Å²) in [6.45, 7) is 4.70. The average Bonchev–Trinajstić information content (AvgIpc) is 3.47. The summed E-state index contributed by atoms with van der Waals surface area (Å²) in [4.78, 5) is 17.9. The standard InChI is InChI=1S/C22H32N2O/c1-17-7-2-3-9-19(17)15-23(20-12-13-20)16-22(25)24-14-6-10-18-8-4-5-11-21(18)24/h2-3,7,9,18,20-21H,4-6,8,10-16H2,1H3/t18?,21-/m0/s1. The Kier molecular flexibility index (Phi) is 5.12. The van der Waals surface area contributed by atoms with E-state index in [4.69, 9.17) is 0 Å². The number of fused-ring (bicyclic) bond motifs is 1. The number of carbonyl (C=O) groups excluding carboxylic acids is 1. The third-order valence-corrected chi connectivity index (χ3v) is 6.60. The van der Waals surface area contributed by atoms with Crippen molar-refractivity contribution in [2.24, 2.45) is 5.92 Å². The van der Waals surface area contributed by atoms with Crippen molar-refractivity contribution in [3.8, 4) is 0 Å². The van der Waals surface area contributed by atoms with Gasteiger partial charge in [-0.15, -0.1) is 0 Å². The van der Waals surface area contributed by atoms with E-state index in [0.717, 1.165) is 19.0 Å². The van der Waals surface area contributed by atoms with Gasteiger partial charge in [-0.2, -0.15) is 0 Å². The largest absolute Gasteiger partial charge is 0.338 e. The molecule has 0 N–H and O–H groups in total. The highest BCUT2D eigenvalue weighted by molar-refractivity contribution is 5.79. The zero-order valence-electron chi connectivity index (χ0n) is 15.6. The molecule has 1 saturated heterocycles. The quantitative estimate of drug-likeness (QED) is 0.804. The van der Waals surface area contributed by atoms with Gasteiger partial charge in [-0.1, -0.05) is 37.1 Å². The molecular weight excluding hydrogens is 308 g/mol. The number of amides is 1. The summed E-state index contributed by atoms with van der Waals surface area (Å²) in [5, 5.41) is 0. The van der Waals surface area contributed by atoms with Crippen LogP contribution in [0.5, 0.6) is 0 Å². The SMILES string of the molecule is Cc1ccccc1CN(CC(=O)N1CCCC2CCCC[C@@H]21)C1CC1. The Hall–Kier alpha value is -1.35. The van der Waals surface area contributed by atoms with E-state index in [9.17, 15) is 4.79 Å². The molecule has 3 fully saturated rings. The number of likely N-dealkylation sites (tertiary alicyclic amines) is 1. The number of hydrogen-bond acceptors (Lipinski definition) is 2. The molecule has 1 unspecified atom stereocenters. The molecule has 1 aromatic carbocycles. The minimum absolute atomic E-state index is 0.386. The molecule has 0 bridgehead atoms. The lowest BCUT2D eigenvalue weighted by atomic mass is 9.78. The van der Waals surface area contributed by atoms with E-state index in [0.29, 0.717) is 24.5 Å². The Morgan fingerprint density at radius 1 is 1.08 bits per heavy atom. The van der Waals surface area contributed by atoms with Gasteiger partial charge in [0.2, 0.25) is 5.91 Å². The minimum atomic E-state index is 0.386. The first-order valence-corrected chi connectivity index (χ1v) is 10.3. The fourth-order valence-electron chi connectivity index (χ4n) is 4.96. The van der Waals surface area contributed by atoms with Gasteiger partial charge in [-0.25, -0.2) is 0 Å². The van der Waals surface area contributed by atoms with E-state index in [1.54, 1.807) is 0 Å². The molecule has 2 atom stereocenters. The van der Waals surface area contributed by atoms with Crippen LogP contribution in [0.25, 0.3) is 0 Å². The second-order valence-electron chi connectivity index (χ2n) is 8.40. The summed E-state index contributed by atoms with van der Waals surface area (Å²) in [7, 11) is 0. The van der Waals surface area contributed by atoms with Crippen LogP contribution in [-0.2, 0) is 11.3 Å². The number of carbonyl (C=O) groups is 1. The monoisotopic (exact) mass is 340 g/mol. The lowest BCUT2D eigenvalue weighted by Gasteiger charge is -2.44. The van der Waals surface area contributed by atoms with Gasteiger partial charge in [0.15, 0.2) is 0 Å². The first-order valence-electron chi connectivity index (χ1n) is 10.3. The maximum Gasteiger partial charge on any atom is 0.237 e. The summed E-state index contributed by atoms with van der Waals surface area (Å²) in [6.07, 6.45) is 10.3. The summed E-state index contributed by atoms with van der Waals surface area (Å²) >= 11 is 0. The first kappa shape index (κ1) is 17.1. The molecule has 0 aromatic heterocycles. The molecule has 1 amide bonds. The Labute approximate surface area is 152 Å². The van der Waals surface area contributed by atoms with Crippen molar-refractivity contribution in [1.82, 2.24) is 9.80 Å². The van der Waals surface area contributed by atoms with Crippen molar-refractivity contribution in [2.75, 3.05) is 13.1 Å². The van der Waals surface area contributed by atoms with Crippen molar-refractivity contribution < 1.29 is 4.79 Å². The minimum Gasteiger partial charge on any atom is -0.338 e. The number of benzene rings is 1. The van der Waals surface area contributed by atoms with Gasteiger partial charge in [0.1, 0.15) is 0 Å². The van der Waals surface area contributed by atoms with Crippen LogP contribution in [0.2, 0.25) is 0 Å². The number of piperidine rings is 1. The van der Waals surface area contributed by atoms with Crippen LogP contribution in [0.3, 0.4) is 0 Å². The Balaban J connectivity index is 1.43. The molecule has 0 radical (unpaired) electrons. The van der Waals surface area contributed by atoms with Crippen LogP contribution in [0, 0.1) is 12.8 Å². The molecule has 2 aliphatic carbocycles. The highest BCUT2D eigenvalue weighted by Crippen LogP contribution is 2.36. The number of rotatable bonds is 5. The van der Waals surface area contributed by atoms with E-state index in [-0.39, 0.29) is 0 Å². The molecular formula is C22H32N2O.